The van der Waals surface area contributed by atoms with Gasteiger partial charge in [-0.25, -0.2) is 13.1 Å². The fourth-order valence-corrected chi connectivity index (χ4v) is 7.05. The molecule has 1 fully saturated rings. The number of halogens is 1. The lowest BCUT2D eigenvalue weighted by Gasteiger charge is -2.23. The number of amidine groups is 1. The predicted octanol–water partition coefficient (Wildman–Crippen LogP) is 6.67. The summed E-state index contributed by atoms with van der Waals surface area (Å²) in [6, 6.07) is 8.78. The van der Waals surface area contributed by atoms with E-state index in [1.165, 1.54) is 6.07 Å². The number of rotatable bonds is 13. The standard InChI is InChI=1S/C31H38ClN5O5S/c1-4-6-11-26-34-31(14-7-8-15-31)30(38)37(26)19-22-12-13-24(23(18-22)20-41-17-5-2)28-25(10-9-16-33-28)43(39,40)36-29-27(32)21(3)35-42-29/h9-10,12-13,16,18,36H,4-8,11,14-15,17,19-20H2,1-3H3. The van der Waals surface area contributed by atoms with E-state index in [0.29, 0.717) is 24.4 Å². The number of hydrogen-bond acceptors (Lipinski definition) is 8. The summed E-state index contributed by atoms with van der Waals surface area (Å²) in [6.07, 6.45) is 8.78. The number of aromatic nitrogens is 2. The highest BCUT2D eigenvalue weighted by Gasteiger charge is 2.49. The van der Waals surface area contributed by atoms with E-state index in [9.17, 15) is 13.2 Å². The highest BCUT2D eigenvalue weighted by Crippen LogP contribution is 2.40. The van der Waals surface area contributed by atoms with E-state index in [-0.39, 0.29) is 34.0 Å². The number of unbranched alkanes of at least 4 members (excludes halogenated alkanes) is 1. The van der Waals surface area contributed by atoms with E-state index in [1.807, 2.05) is 30.0 Å². The van der Waals surface area contributed by atoms with Gasteiger partial charge in [0.2, 0.25) is 0 Å². The van der Waals surface area contributed by atoms with Crippen molar-refractivity contribution in [2.45, 2.75) is 95.7 Å². The Morgan fingerprint density at radius 2 is 1.95 bits per heavy atom. The third-order valence-electron chi connectivity index (χ3n) is 7.93. The molecule has 43 heavy (non-hydrogen) atoms. The Balaban J connectivity index is 1.49. The third-order valence-corrected chi connectivity index (χ3v) is 9.74. The minimum atomic E-state index is -4.15. The molecule has 10 nitrogen and oxygen atoms in total. The molecule has 5 rings (SSSR count). The van der Waals surface area contributed by atoms with Crippen LogP contribution in [0.3, 0.4) is 0 Å². The number of carbonyl (C=O) groups excluding carboxylic acids is 1. The lowest BCUT2D eigenvalue weighted by molar-refractivity contribution is -0.131. The maximum absolute atomic E-state index is 13.7. The summed E-state index contributed by atoms with van der Waals surface area (Å²) in [6.45, 7) is 6.97. The Bertz CT molecular complexity index is 1610. The second-order valence-electron chi connectivity index (χ2n) is 11.2. The van der Waals surface area contributed by atoms with Crippen molar-refractivity contribution >= 4 is 39.3 Å². The Morgan fingerprint density at radius 1 is 1.16 bits per heavy atom. The van der Waals surface area contributed by atoms with Crippen LogP contribution in [-0.2, 0) is 32.7 Å². The third kappa shape index (κ3) is 6.49. The number of pyridine rings is 1. The molecule has 230 valence electrons. The normalized spacial score (nSPS) is 16.3. The van der Waals surface area contributed by atoms with Crippen molar-refractivity contribution in [1.82, 2.24) is 15.0 Å². The number of sulfonamides is 1. The molecule has 3 heterocycles. The first-order valence-corrected chi connectivity index (χ1v) is 16.8. The summed E-state index contributed by atoms with van der Waals surface area (Å²) < 4.78 is 40.5. The highest BCUT2D eigenvalue weighted by molar-refractivity contribution is 7.92. The number of carbonyl (C=O) groups is 1. The van der Waals surface area contributed by atoms with Crippen LogP contribution in [0, 0.1) is 6.92 Å². The highest BCUT2D eigenvalue weighted by atomic mass is 35.5. The second-order valence-corrected chi connectivity index (χ2v) is 13.2. The van der Waals surface area contributed by atoms with Gasteiger partial charge >= 0.3 is 0 Å². The van der Waals surface area contributed by atoms with Crippen LogP contribution in [0.2, 0.25) is 5.02 Å². The van der Waals surface area contributed by atoms with Crippen molar-refractivity contribution in [3.05, 3.63) is 58.4 Å². The maximum atomic E-state index is 13.7. The van der Waals surface area contributed by atoms with Crippen LogP contribution in [-0.4, -0.2) is 47.3 Å². The quantitative estimate of drug-likeness (QED) is 0.210. The molecule has 1 aliphatic heterocycles. The van der Waals surface area contributed by atoms with Crippen LogP contribution in [0.4, 0.5) is 5.88 Å². The zero-order valence-electron chi connectivity index (χ0n) is 24.9. The number of aliphatic imine (C=N–C) groups is 1. The number of nitrogens with zero attached hydrogens (tertiary/aromatic N) is 4. The topological polar surface area (TPSA) is 127 Å². The number of anilines is 1. The monoisotopic (exact) mass is 627 g/mol. The first kappa shape index (κ1) is 31.2. The molecule has 1 amide bonds. The molecule has 0 bridgehead atoms. The van der Waals surface area contributed by atoms with Gasteiger partial charge in [-0.1, -0.05) is 68.1 Å². The van der Waals surface area contributed by atoms with Crippen molar-refractivity contribution in [3.63, 3.8) is 0 Å². The number of aryl methyl sites for hydroxylation is 1. The van der Waals surface area contributed by atoms with Crippen molar-refractivity contribution in [1.29, 1.82) is 0 Å². The van der Waals surface area contributed by atoms with Crippen LogP contribution in [0.1, 0.15) is 82.0 Å². The van der Waals surface area contributed by atoms with Gasteiger partial charge in [-0.2, -0.15) is 0 Å². The molecule has 0 unspecified atom stereocenters. The van der Waals surface area contributed by atoms with Crippen LogP contribution in [0.15, 0.2) is 50.9 Å². The number of benzene rings is 1. The van der Waals surface area contributed by atoms with E-state index >= 15 is 0 Å². The Hall–Kier alpha value is -3.28. The molecule has 1 aromatic carbocycles. The second kappa shape index (κ2) is 13.2. The molecule has 2 aliphatic rings. The van der Waals surface area contributed by atoms with E-state index in [4.69, 9.17) is 25.9 Å². The van der Waals surface area contributed by atoms with Gasteiger partial charge in [0.1, 0.15) is 27.0 Å². The van der Waals surface area contributed by atoms with Crippen molar-refractivity contribution in [3.8, 4) is 11.3 Å². The number of amides is 1. The zero-order chi connectivity index (χ0) is 30.6. The molecule has 2 aromatic heterocycles. The van der Waals surface area contributed by atoms with E-state index in [1.54, 1.807) is 19.2 Å². The molecule has 0 radical (unpaired) electrons. The lowest BCUT2D eigenvalue weighted by atomic mass is 9.97. The summed E-state index contributed by atoms with van der Waals surface area (Å²) >= 11 is 6.18. The van der Waals surface area contributed by atoms with Crippen molar-refractivity contribution < 1.29 is 22.5 Å². The first-order valence-electron chi connectivity index (χ1n) is 14.9. The van der Waals surface area contributed by atoms with Gasteiger partial charge in [-0.15, -0.1) is 0 Å². The van der Waals surface area contributed by atoms with Gasteiger partial charge < -0.3 is 9.26 Å². The predicted molar refractivity (Wildman–Crippen MR) is 165 cm³/mol. The molecule has 12 heteroatoms. The fraction of sp³-hybridized carbons (Fsp3) is 0.484. The first-order chi connectivity index (χ1) is 20.7. The Labute approximate surface area is 257 Å². The van der Waals surface area contributed by atoms with E-state index in [0.717, 1.165) is 68.3 Å². The van der Waals surface area contributed by atoms with Crippen LogP contribution >= 0.6 is 11.6 Å². The number of hydrogen-bond donors (Lipinski definition) is 1. The molecule has 1 aliphatic carbocycles. The van der Waals surface area contributed by atoms with Gasteiger partial charge in [-0.05, 0) is 55.9 Å². The summed E-state index contributed by atoms with van der Waals surface area (Å²) in [4.78, 5) is 25.0. The van der Waals surface area contributed by atoms with E-state index < -0.39 is 15.6 Å². The average molecular weight is 628 g/mol. The lowest BCUT2D eigenvalue weighted by Crippen LogP contribution is -2.40. The molecule has 1 spiro atoms. The van der Waals surface area contributed by atoms with E-state index in [2.05, 4.69) is 21.8 Å². The van der Waals surface area contributed by atoms with Gasteiger partial charge in [0, 0.05) is 24.8 Å². The smallest absolute Gasteiger partial charge is 0.266 e. The average Bonchev–Trinajstić information content (AvgIpc) is 3.67. The molecular formula is C31H38ClN5O5S. The SMILES string of the molecule is CCCCC1=NC2(CCCC2)C(=O)N1Cc1ccc(-c2ncccc2S(=O)(=O)Nc2onc(C)c2Cl)c(COCCC)c1. The molecule has 0 atom stereocenters. The van der Waals surface area contributed by atoms with Gasteiger partial charge in [0.15, 0.2) is 0 Å². The van der Waals surface area contributed by atoms with Crippen molar-refractivity contribution in [2.24, 2.45) is 4.99 Å². The molecule has 0 saturated heterocycles. The van der Waals surface area contributed by atoms with Crippen molar-refractivity contribution in [2.75, 3.05) is 11.3 Å². The van der Waals surface area contributed by atoms with Gasteiger partial charge in [-0.3, -0.25) is 19.7 Å². The molecule has 1 N–H and O–H groups in total. The molecular weight excluding hydrogens is 590 g/mol. The van der Waals surface area contributed by atoms with Crippen LogP contribution in [0.25, 0.3) is 11.3 Å². The molecule has 1 saturated carbocycles. The van der Waals surface area contributed by atoms with Crippen LogP contribution < -0.4 is 4.72 Å². The largest absolute Gasteiger partial charge is 0.377 e. The maximum Gasteiger partial charge on any atom is 0.266 e. The summed E-state index contributed by atoms with van der Waals surface area (Å²) in [5.41, 5.74) is 2.32. The summed E-state index contributed by atoms with van der Waals surface area (Å²) in [7, 11) is -4.15. The minimum Gasteiger partial charge on any atom is -0.377 e. The zero-order valence-corrected chi connectivity index (χ0v) is 26.4. The summed E-state index contributed by atoms with van der Waals surface area (Å²) in [5.74, 6) is 0.799. The number of ether oxygens (including phenoxy) is 1. The van der Waals surface area contributed by atoms with Crippen LogP contribution in [0.5, 0.6) is 0 Å². The minimum absolute atomic E-state index is 0.0449. The molecule has 3 aromatic rings. The van der Waals surface area contributed by atoms with Gasteiger partial charge in [0.05, 0.1) is 18.8 Å². The van der Waals surface area contributed by atoms with Gasteiger partial charge in [0.25, 0.3) is 21.8 Å². The Morgan fingerprint density at radius 3 is 2.65 bits per heavy atom. The Kier molecular flexibility index (Phi) is 9.53. The number of nitrogens with one attached hydrogen (secondary N) is 1. The fourth-order valence-electron chi connectivity index (χ4n) is 5.71. The summed E-state index contributed by atoms with van der Waals surface area (Å²) in [5, 5.41) is 3.82.